The van der Waals surface area contributed by atoms with Crippen LogP contribution in [-0.2, 0) is 0 Å². The van der Waals surface area contributed by atoms with Crippen molar-refractivity contribution in [1.82, 2.24) is 4.57 Å². The lowest BCUT2D eigenvalue weighted by Crippen LogP contribution is -2.26. The minimum Gasteiger partial charge on any atom is -0.410 e. The first-order chi connectivity index (χ1) is 10.6. The molecule has 0 aliphatic carbocycles. The van der Waals surface area contributed by atoms with Gasteiger partial charge in [0.2, 0.25) is 0 Å². The van der Waals surface area contributed by atoms with Gasteiger partial charge in [0.25, 0.3) is 0 Å². The van der Waals surface area contributed by atoms with Crippen LogP contribution in [0.25, 0.3) is 11.1 Å². The molecule has 1 heterocycles. The van der Waals surface area contributed by atoms with E-state index in [1.165, 1.54) is 0 Å². The molecule has 2 aromatic carbocycles. The molecule has 5 nitrogen and oxygen atoms in total. The van der Waals surface area contributed by atoms with Crippen LogP contribution in [0.1, 0.15) is 25.3 Å². The second-order valence-corrected chi connectivity index (χ2v) is 5.23. The predicted molar refractivity (Wildman–Crippen MR) is 82.4 cm³/mol. The highest BCUT2D eigenvalue weighted by molar-refractivity contribution is 5.87. The molecule has 0 fully saturated rings. The highest BCUT2D eigenvalue weighted by atomic mass is 16.6. The van der Waals surface area contributed by atoms with E-state index in [9.17, 15) is 9.59 Å². The van der Waals surface area contributed by atoms with Gasteiger partial charge in [-0.2, -0.15) is 4.57 Å². The Kier molecular flexibility index (Phi) is 3.55. The van der Waals surface area contributed by atoms with Crippen LogP contribution in [-0.4, -0.2) is 10.7 Å². The Morgan fingerprint density at radius 2 is 1.82 bits per heavy atom. The first-order valence-electron chi connectivity index (χ1n) is 6.99. The summed E-state index contributed by atoms with van der Waals surface area (Å²) in [4.78, 5) is 24.3. The standard InChI is InChI=1S/C17H15NO4/c1-11(2)13-9-6-10-14-15(13)22-17(20)18(14)16(19)21-12-7-4-3-5-8-12/h3-11H,1-2H3. The number of aromatic nitrogens is 1. The normalized spacial score (nSPS) is 11.0. The molecule has 0 bridgehead atoms. The average Bonchev–Trinajstić information content (AvgIpc) is 2.83. The Morgan fingerprint density at radius 3 is 2.50 bits per heavy atom. The van der Waals surface area contributed by atoms with E-state index < -0.39 is 11.8 Å². The van der Waals surface area contributed by atoms with Gasteiger partial charge in [-0.1, -0.05) is 44.2 Å². The number of rotatable bonds is 2. The summed E-state index contributed by atoms with van der Waals surface area (Å²) in [7, 11) is 0. The van der Waals surface area contributed by atoms with Crippen LogP contribution in [0.15, 0.2) is 57.7 Å². The zero-order chi connectivity index (χ0) is 15.7. The Labute approximate surface area is 126 Å². The molecule has 0 amide bonds. The smallest absolute Gasteiger partial charge is 0.410 e. The van der Waals surface area contributed by atoms with E-state index in [0.717, 1.165) is 10.1 Å². The van der Waals surface area contributed by atoms with Crippen molar-refractivity contribution < 1.29 is 13.9 Å². The van der Waals surface area contributed by atoms with Gasteiger partial charge >= 0.3 is 11.8 Å². The summed E-state index contributed by atoms with van der Waals surface area (Å²) in [6, 6.07) is 13.9. The van der Waals surface area contributed by atoms with Gasteiger partial charge in [0.1, 0.15) is 11.3 Å². The summed E-state index contributed by atoms with van der Waals surface area (Å²) < 4.78 is 11.4. The van der Waals surface area contributed by atoms with Crippen molar-refractivity contribution in [2.45, 2.75) is 19.8 Å². The molecule has 0 aliphatic heterocycles. The second-order valence-electron chi connectivity index (χ2n) is 5.23. The molecular formula is C17H15NO4. The number of ether oxygens (including phenoxy) is 1. The molecular weight excluding hydrogens is 282 g/mol. The molecule has 1 aromatic heterocycles. The summed E-state index contributed by atoms with van der Waals surface area (Å²) in [6.07, 6.45) is -0.782. The third-order valence-electron chi connectivity index (χ3n) is 3.39. The quantitative estimate of drug-likeness (QED) is 0.722. The lowest BCUT2D eigenvalue weighted by molar-refractivity contribution is 0.201. The van der Waals surface area contributed by atoms with Gasteiger partial charge in [0.15, 0.2) is 5.58 Å². The maximum atomic E-state index is 12.3. The number of benzene rings is 2. The van der Waals surface area contributed by atoms with Gasteiger partial charge in [-0.3, -0.25) is 0 Å². The number of carbonyl (C=O) groups excluding carboxylic acids is 1. The van der Waals surface area contributed by atoms with Crippen LogP contribution in [0.2, 0.25) is 0 Å². The van der Waals surface area contributed by atoms with Crippen LogP contribution in [0.3, 0.4) is 0 Å². The van der Waals surface area contributed by atoms with Crippen molar-refractivity contribution in [3.63, 3.8) is 0 Å². The van der Waals surface area contributed by atoms with Crippen molar-refractivity contribution in [3.05, 3.63) is 64.6 Å². The van der Waals surface area contributed by atoms with Crippen molar-refractivity contribution in [1.29, 1.82) is 0 Å². The fourth-order valence-corrected chi connectivity index (χ4v) is 2.32. The van der Waals surface area contributed by atoms with Crippen LogP contribution in [0.4, 0.5) is 4.79 Å². The fourth-order valence-electron chi connectivity index (χ4n) is 2.32. The van der Waals surface area contributed by atoms with E-state index in [-0.39, 0.29) is 5.92 Å². The number of fused-ring (bicyclic) bond motifs is 1. The zero-order valence-corrected chi connectivity index (χ0v) is 12.3. The minimum absolute atomic E-state index is 0.174. The lowest BCUT2D eigenvalue weighted by Gasteiger charge is -2.06. The van der Waals surface area contributed by atoms with Crippen molar-refractivity contribution in [2.75, 3.05) is 0 Å². The van der Waals surface area contributed by atoms with E-state index >= 15 is 0 Å². The van der Waals surface area contributed by atoms with Crippen molar-refractivity contribution in [2.24, 2.45) is 0 Å². The van der Waals surface area contributed by atoms with Crippen molar-refractivity contribution in [3.8, 4) is 5.75 Å². The topological polar surface area (TPSA) is 61.4 Å². The summed E-state index contributed by atoms with van der Waals surface area (Å²) in [5, 5.41) is 0. The lowest BCUT2D eigenvalue weighted by atomic mass is 10.0. The van der Waals surface area contributed by atoms with E-state index in [4.69, 9.17) is 9.15 Å². The van der Waals surface area contributed by atoms with Crippen LogP contribution in [0, 0.1) is 0 Å². The van der Waals surface area contributed by atoms with Crippen LogP contribution in [0.5, 0.6) is 5.75 Å². The Morgan fingerprint density at radius 1 is 1.09 bits per heavy atom. The van der Waals surface area contributed by atoms with Gasteiger partial charge in [-0.25, -0.2) is 9.59 Å². The summed E-state index contributed by atoms with van der Waals surface area (Å²) >= 11 is 0. The van der Waals surface area contributed by atoms with E-state index in [1.54, 1.807) is 36.4 Å². The van der Waals surface area contributed by atoms with Gasteiger partial charge in [-0.15, -0.1) is 0 Å². The van der Waals surface area contributed by atoms with Gasteiger partial charge in [-0.05, 0) is 29.7 Å². The predicted octanol–water partition coefficient (Wildman–Crippen LogP) is 3.77. The molecule has 3 rings (SSSR count). The zero-order valence-electron chi connectivity index (χ0n) is 12.3. The highest BCUT2D eigenvalue weighted by Crippen LogP contribution is 2.24. The van der Waals surface area contributed by atoms with Crippen LogP contribution >= 0.6 is 0 Å². The Bertz CT molecular complexity index is 875. The Hall–Kier alpha value is -2.82. The number of hydrogen-bond acceptors (Lipinski definition) is 4. The number of nitrogens with zero attached hydrogens (tertiary/aromatic N) is 1. The molecule has 22 heavy (non-hydrogen) atoms. The molecule has 0 atom stereocenters. The van der Waals surface area contributed by atoms with Gasteiger partial charge in [0, 0.05) is 0 Å². The van der Waals surface area contributed by atoms with Gasteiger partial charge in [0.05, 0.1) is 0 Å². The molecule has 0 spiro atoms. The Balaban J connectivity index is 2.08. The maximum absolute atomic E-state index is 12.3. The molecule has 0 saturated carbocycles. The molecule has 0 saturated heterocycles. The largest absolute Gasteiger partial charge is 0.429 e. The minimum atomic E-state index is -0.782. The average molecular weight is 297 g/mol. The number of carbonyl (C=O) groups is 1. The van der Waals surface area contributed by atoms with E-state index in [1.807, 2.05) is 26.0 Å². The van der Waals surface area contributed by atoms with Crippen LogP contribution < -0.4 is 10.5 Å². The number of oxazole rings is 1. The van der Waals surface area contributed by atoms with E-state index in [0.29, 0.717) is 16.8 Å². The molecule has 3 aromatic rings. The highest BCUT2D eigenvalue weighted by Gasteiger charge is 2.20. The monoisotopic (exact) mass is 297 g/mol. The SMILES string of the molecule is CC(C)c1cccc2c1oc(=O)n2C(=O)Oc1ccccc1. The second kappa shape index (κ2) is 5.52. The molecule has 0 N–H and O–H groups in total. The molecule has 0 aliphatic rings. The number of para-hydroxylation sites is 2. The molecule has 0 radical (unpaired) electrons. The third kappa shape index (κ3) is 2.41. The fraction of sp³-hybridized carbons (Fsp3) is 0.176. The molecule has 112 valence electrons. The van der Waals surface area contributed by atoms with Crippen molar-refractivity contribution >= 4 is 17.2 Å². The molecule has 5 heteroatoms. The maximum Gasteiger partial charge on any atom is 0.429 e. The molecule has 0 unspecified atom stereocenters. The van der Waals surface area contributed by atoms with Gasteiger partial charge < -0.3 is 9.15 Å². The first kappa shape index (κ1) is 14.1. The number of hydrogen-bond donors (Lipinski definition) is 0. The first-order valence-corrected chi connectivity index (χ1v) is 6.99. The van der Waals surface area contributed by atoms with E-state index in [2.05, 4.69) is 0 Å². The third-order valence-corrected chi connectivity index (χ3v) is 3.39. The summed E-state index contributed by atoms with van der Waals surface area (Å²) in [5.74, 6) is -0.203. The summed E-state index contributed by atoms with van der Waals surface area (Å²) in [6.45, 7) is 3.99. The summed E-state index contributed by atoms with van der Waals surface area (Å²) in [5.41, 5.74) is 1.71.